The van der Waals surface area contributed by atoms with Crippen LogP contribution in [-0.4, -0.2) is 27.4 Å². The van der Waals surface area contributed by atoms with Crippen LogP contribution in [0.25, 0.3) is 5.82 Å². The van der Waals surface area contributed by atoms with E-state index in [0.717, 1.165) is 6.20 Å². The molecule has 0 saturated carbocycles. The van der Waals surface area contributed by atoms with Crippen LogP contribution < -0.4 is 10.1 Å². The number of halogens is 5. The molecule has 3 aromatic rings. The van der Waals surface area contributed by atoms with Gasteiger partial charge < -0.3 is 10.1 Å². The normalized spacial score (nSPS) is 11.3. The molecule has 0 aliphatic carbocycles. The summed E-state index contributed by atoms with van der Waals surface area (Å²) in [6, 6.07) is 9.37. The molecule has 0 atom stereocenters. The molecule has 11 heteroatoms. The first-order valence-corrected chi connectivity index (χ1v) is 8.98. The van der Waals surface area contributed by atoms with E-state index in [2.05, 4.69) is 15.4 Å². The largest absolute Gasteiger partial charge is 0.437 e. The van der Waals surface area contributed by atoms with Crippen molar-refractivity contribution in [3.63, 3.8) is 0 Å². The molecule has 0 unspecified atom stereocenters. The van der Waals surface area contributed by atoms with Crippen LogP contribution in [-0.2, 0) is 12.6 Å². The lowest BCUT2D eigenvalue weighted by Gasteiger charge is -2.12. The summed E-state index contributed by atoms with van der Waals surface area (Å²) in [7, 11) is 0. The van der Waals surface area contributed by atoms with Gasteiger partial charge in [0.15, 0.2) is 17.3 Å². The molecular weight excluding hydrogens is 432 g/mol. The Balaban J connectivity index is 1.71. The number of aromatic nitrogens is 3. The summed E-state index contributed by atoms with van der Waals surface area (Å²) in [5.74, 6) is -0.806. The van der Waals surface area contributed by atoms with E-state index in [-0.39, 0.29) is 18.8 Å². The fourth-order valence-electron chi connectivity index (χ4n) is 2.52. The summed E-state index contributed by atoms with van der Waals surface area (Å²) < 4.78 is 45.9. The van der Waals surface area contributed by atoms with Crippen molar-refractivity contribution in [3.05, 3.63) is 70.1 Å². The molecule has 1 N–H and O–H groups in total. The second kappa shape index (κ2) is 8.71. The highest BCUT2D eigenvalue weighted by molar-refractivity contribution is 6.35. The molecule has 2 heterocycles. The Bertz CT molecular complexity index is 990. The van der Waals surface area contributed by atoms with Crippen LogP contribution in [0.4, 0.5) is 18.0 Å². The minimum atomic E-state index is -4.82. The summed E-state index contributed by atoms with van der Waals surface area (Å²) in [5, 5.41) is 6.85. The molecule has 29 heavy (non-hydrogen) atoms. The molecule has 3 rings (SSSR count). The number of benzene rings is 1. The highest BCUT2D eigenvalue weighted by atomic mass is 35.5. The van der Waals surface area contributed by atoms with Crippen molar-refractivity contribution < 1.29 is 22.7 Å². The minimum absolute atomic E-state index is 0.0536. The smallest absolute Gasteiger partial charge is 0.406 e. The Kier molecular flexibility index (Phi) is 6.29. The topological polar surface area (TPSA) is 69.0 Å². The van der Waals surface area contributed by atoms with Crippen LogP contribution in [0.15, 0.2) is 48.8 Å². The first-order valence-electron chi connectivity index (χ1n) is 8.22. The molecular formula is C18H13Cl2F3N4O2. The van der Waals surface area contributed by atoms with Crippen LogP contribution in [0.1, 0.15) is 11.3 Å². The SMILES string of the molecule is O=C(NCCc1c(Cl)cccc1Cl)Oc1cnn(-c2ccccn2)c1C(F)(F)F. The van der Waals surface area contributed by atoms with Crippen LogP contribution in [0.2, 0.25) is 10.0 Å². The van der Waals surface area contributed by atoms with Gasteiger partial charge in [0, 0.05) is 22.8 Å². The maximum absolute atomic E-state index is 13.5. The predicted octanol–water partition coefficient (Wildman–Crippen LogP) is 4.92. The molecule has 0 spiro atoms. The fraction of sp³-hybridized carbons (Fsp3) is 0.167. The van der Waals surface area contributed by atoms with Gasteiger partial charge in [-0.3, -0.25) is 0 Å². The van der Waals surface area contributed by atoms with Crippen molar-refractivity contribution in [1.29, 1.82) is 0 Å². The molecule has 0 saturated heterocycles. The van der Waals surface area contributed by atoms with Crippen molar-refractivity contribution >= 4 is 29.3 Å². The number of hydrogen-bond donors (Lipinski definition) is 1. The zero-order valence-electron chi connectivity index (χ0n) is 14.6. The standard InChI is InChI=1S/C18H13Cl2F3N4O2/c19-12-4-3-5-13(20)11(12)7-9-25-17(28)29-14-10-26-27(16(14)18(21,22)23)15-6-1-2-8-24-15/h1-6,8,10H,7,9H2,(H,25,28). The summed E-state index contributed by atoms with van der Waals surface area (Å²) in [6.45, 7) is 0.0536. The number of pyridine rings is 1. The molecule has 2 aromatic heterocycles. The van der Waals surface area contributed by atoms with E-state index in [1.54, 1.807) is 24.3 Å². The molecule has 1 amide bonds. The second-order valence-corrected chi connectivity index (χ2v) is 6.54. The van der Waals surface area contributed by atoms with Gasteiger partial charge in [-0.05, 0) is 36.2 Å². The predicted molar refractivity (Wildman–Crippen MR) is 101 cm³/mol. The van der Waals surface area contributed by atoms with Gasteiger partial charge >= 0.3 is 12.3 Å². The van der Waals surface area contributed by atoms with Gasteiger partial charge in [-0.15, -0.1) is 0 Å². The fourth-order valence-corrected chi connectivity index (χ4v) is 3.10. The van der Waals surface area contributed by atoms with Crippen LogP contribution >= 0.6 is 23.2 Å². The molecule has 1 aromatic carbocycles. The number of alkyl halides is 3. The first-order chi connectivity index (χ1) is 13.8. The average molecular weight is 445 g/mol. The number of carbonyl (C=O) groups excluding carboxylic acids is 1. The van der Waals surface area contributed by atoms with E-state index in [4.69, 9.17) is 27.9 Å². The highest BCUT2D eigenvalue weighted by Gasteiger charge is 2.40. The number of hydrogen-bond acceptors (Lipinski definition) is 4. The van der Waals surface area contributed by atoms with Crippen LogP contribution in [0.3, 0.4) is 0 Å². The van der Waals surface area contributed by atoms with Crippen LogP contribution in [0, 0.1) is 0 Å². The minimum Gasteiger partial charge on any atom is -0.406 e. The van der Waals surface area contributed by atoms with Gasteiger partial charge in [0.1, 0.15) is 0 Å². The van der Waals surface area contributed by atoms with Gasteiger partial charge in [-0.2, -0.15) is 18.3 Å². The van der Waals surface area contributed by atoms with Crippen molar-refractivity contribution in [2.75, 3.05) is 6.54 Å². The summed E-state index contributed by atoms with van der Waals surface area (Å²) in [5.41, 5.74) is -0.643. The quantitative estimate of drug-likeness (QED) is 0.605. The maximum atomic E-state index is 13.5. The number of ether oxygens (including phenoxy) is 1. The Morgan fingerprint density at radius 1 is 1.14 bits per heavy atom. The van der Waals surface area contributed by atoms with Crippen LogP contribution in [0.5, 0.6) is 5.75 Å². The number of rotatable bonds is 5. The number of carbonyl (C=O) groups is 1. The van der Waals surface area contributed by atoms with Gasteiger partial charge in [0.25, 0.3) is 0 Å². The maximum Gasteiger partial charge on any atom is 0.437 e. The summed E-state index contributed by atoms with van der Waals surface area (Å²) in [4.78, 5) is 15.8. The third-order valence-electron chi connectivity index (χ3n) is 3.78. The van der Waals surface area contributed by atoms with Gasteiger partial charge in [0.2, 0.25) is 0 Å². The Morgan fingerprint density at radius 3 is 2.48 bits per heavy atom. The Hall–Kier alpha value is -2.78. The molecule has 0 bridgehead atoms. The molecule has 152 valence electrons. The third-order valence-corrected chi connectivity index (χ3v) is 4.49. The van der Waals surface area contributed by atoms with Crippen molar-refractivity contribution in [3.8, 4) is 11.6 Å². The summed E-state index contributed by atoms with van der Waals surface area (Å²) >= 11 is 12.1. The van der Waals surface area contributed by atoms with Crippen molar-refractivity contribution in [1.82, 2.24) is 20.1 Å². The first kappa shape index (κ1) is 20.9. The molecule has 0 fully saturated rings. The Labute approximate surface area is 173 Å². The summed E-state index contributed by atoms with van der Waals surface area (Å²) in [6.07, 6.45) is -3.49. The number of amides is 1. The van der Waals surface area contributed by atoms with Gasteiger partial charge in [-0.1, -0.05) is 35.3 Å². The van der Waals surface area contributed by atoms with E-state index in [1.165, 1.54) is 18.3 Å². The molecule has 0 radical (unpaired) electrons. The number of nitrogens with zero attached hydrogens (tertiary/aromatic N) is 3. The second-order valence-electron chi connectivity index (χ2n) is 5.72. The molecule has 0 aliphatic heterocycles. The lowest BCUT2D eigenvalue weighted by Crippen LogP contribution is -2.29. The van der Waals surface area contributed by atoms with E-state index in [9.17, 15) is 18.0 Å². The van der Waals surface area contributed by atoms with E-state index >= 15 is 0 Å². The average Bonchev–Trinajstić information content (AvgIpc) is 3.09. The van der Waals surface area contributed by atoms with Gasteiger partial charge in [0.05, 0.1) is 6.20 Å². The van der Waals surface area contributed by atoms with Crippen molar-refractivity contribution in [2.45, 2.75) is 12.6 Å². The zero-order valence-corrected chi connectivity index (χ0v) is 16.1. The van der Waals surface area contributed by atoms with E-state index < -0.39 is 23.7 Å². The van der Waals surface area contributed by atoms with E-state index in [0.29, 0.717) is 20.3 Å². The third kappa shape index (κ3) is 4.99. The Morgan fingerprint density at radius 2 is 1.86 bits per heavy atom. The zero-order chi connectivity index (χ0) is 21.0. The van der Waals surface area contributed by atoms with Gasteiger partial charge in [-0.25, -0.2) is 14.5 Å². The monoisotopic (exact) mass is 444 g/mol. The van der Waals surface area contributed by atoms with Crippen molar-refractivity contribution in [2.24, 2.45) is 0 Å². The lowest BCUT2D eigenvalue weighted by atomic mass is 10.1. The molecule has 0 aliphatic rings. The lowest BCUT2D eigenvalue weighted by molar-refractivity contribution is -0.143. The molecule has 6 nitrogen and oxygen atoms in total. The van der Waals surface area contributed by atoms with E-state index in [1.807, 2.05) is 0 Å². The highest BCUT2D eigenvalue weighted by Crippen LogP contribution is 2.37. The number of nitrogens with one attached hydrogen (secondary N) is 1.